The van der Waals surface area contributed by atoms with Crippen LogP contribution in [0.4, 0.5) is 0 Å². The van der Waals surface area contributed by atoms with Gasteiger partial charge in [0, 0.05) is 6.42 Å². The molecule has 0 aromatic rings. The standard InChI is InChI=1S/C62H121NO5/c1-4-7-10-13-16-19-22-25-28-30-31-32-34-37-40-43-46-49-52-55-62(67)68-58(53-50-47-44-41-38-35-33-29-26-23-20-17-14-11-8-5-2)56-61(66)63-59(57-64)60(65)54-51-48-45-42-39-36-27-24-21-18-15-12-9-6-3/h25,28,58-60,64-65H,4-24,26-27,29-57H2,1-3H3,(H,63,66)/b28-25+. The number of aliphatic hydroxyl groups excluding tert-OH is 2. The molecule has 0 saturated heterocycles. The minimum Gasteiger partial charge on any atom is -0.462 e. The number of amides is 1. The van der Waals surface area contributed by atoms with Gasteiger partial charge in [0.05, 0.1) is 25.2 Å². The van der Waals surface area contributed by atoms with Gasteiger partial charge in [-0.3, -0.25) is 9.59 Å². The molecule has 1 amide bonds. The maximum absolute atomic E-state index is 13.3. The lowest BCUT2D eigenvalue weighted by Crippen LogP contribution is -2.46. The number of hydrogen-bond acceptors (Lipinski definition) is 5. The number of hydrogen-bond donors (Lipinski definition) is 3. The van der Waals surface area contributed by atoms with Gasteiger partial charge in [0.15, 0.2) is 0 Å². The molecule has 0 rings (SSSR count). The minimum atomic E-state index is -0.783. The van der Waals surface area contributed by atoms with Crippen molar-refractivity contribution in [1.29, 1.82) is 0 Å². The summed E-state index contributed by atoms with van der Waals surface area (Å²) >= 11 is 0. The zero-order valence-corrected chi connectivity index (χ0v) is 46.3. The Bertz CT molecular complexity index is 1030. The topological polar surface area (TPSA) is 95.9 Å². The molecule has 0 fully saturated rings. The maximum Gasteiger partial charge on any atom is 0.306 e. The van der Waals surface area contributed by atoms with Gasteiger partial charge in [-0.1, -0.05) is 296 Å². The fourth-order valence-corrected chi connectivity index (χ4v) is 9.90. The first-order chi connectivity index (χ1) is 33.5. The fourth-order valence-electron chi connectivity index (χ4n) is 9.90. The summed E-state index contributed by atoms with van der Waals surface area (Å²) in [6, 6.07) is -0.696. The van der Waals surface area contributed by atoms with Crippen LogP contribution in [-0.2, 0) is 14.3 Å². The van der Waals surface area contributed by atoms with E-state index in [4.69, 9.17) is 4.74 Å². The fraction of sp³-hybridized carbons (Fsp3) is 0.935. The molecule has 404 valence electrons. The molecule has 3 atom stereocenters. The Labute approximate surface area is 425 Å². The van der Waals surface area contributed by atoms with Crippen LogP contribution in [0, 0.1) is 0 Å². The van der Waals surface area contributed by atoms with E-state index in [1.54, 1.807) is 0 Å². The van der Waals surface area contributed by atoms with Gasteiger partial charge in [-0.2, -0.15) is 0 Å². The zero-order chi connectivity index (χ0) is 49.5. The normalized spacial score (nSPS) is 13.1. The van der Waals surface area contributed by atoms with Crippen molar-refractivity contribution in [1.82, 2.24) is 5.32 Å². The first-order valence-electron chi connectivity index (χ1n) is 30.9. The van der Waals surface area contributed by atoms with Crippen molar-refractivity contribution < 1.29 is 24.5 Å². The van der Waals surface area contributed by atoms with Gasteiger partial charge >= 0.3 is 5.97 Å². The molecule has 0 heterocycles. The molecular formula is C62H121NO5. The smallest absolute Gasteiger partial charge is 0.306 e. The van der Waals surface area contributed by atoms with E-state index in [1.807, 2.05) is 0 Å². The molecule has 0 bridgehead atoms. The predicted molar refractivity (Wildman–Crippen MR) is 297 cm³/mol. The Morgan fingerprint density at radius 1 is 0.412 bits per heavy atom. The summed E-state index contributed by atoms with van der Waals surface area (Å²) < 4.78 is 5.99. The number of carbonyl (C=O) groups excluding carboxylic acids is 2. The van der Waals surface area contributed by atoms with E-state index >= 15 is 0 Å². The molecule has 0 aliphatic heterocycles. The van der Waals surface area contributed by atoms with Gasteiger partial charge in [0.1, 0.15) is 6.10 Å². The lowest BCUT2D eigenvalue weighted by Gasteiger charge is -2.24. The lowest BCUT2D eigenvalue weighted by atomic mass is 10.0. The van der Waals surface area contributed by atoms with Crippen molar-refractivity contribution in [2.45, 2.75) is 366 Å². The second-order valence-electron chi connectivity index (χ2n) is 21.5. The number of ether oxygens (including phenoxy) is 1. The van der Waals surface area contributed by atoms with Crippen molar-refractivity contribution in [3.05, 3.63) is 12.2 Å². The highest BCUT2D eigenvalue weighted by molar-refractivity contribution is 5.77. The van der Waals surface area contributed by atoms with Crippen LogP contribution in [0.25, 0.3) is 0 Å². The van der Waals surface area contributed by atoms with Gasteiger partial charge in [-0.15, -0.1) is 0 Å². The van der Waals surface area contributed by atoms with Gasteiger partial charge < -0.3 is 20.3 Å². The second kappa shape index (κ2) is 56.5. The molecule has 6 heteroatoms. The molecule has 6 nitrogen and oxygen atoms in total. The summed E-state index contributed by atoms with van der Waals surface area (Å²) in [6.45, 7) is 6.54. The molecule has 0 spiro atoms. The Morgan fingerprint density at radius 3 is 1.04 bits per heavy atom. The highest BCUT2D eigenvalue weighted by Gasteiger charge is 2.24. The van der Waals surface area contributed by atoms with Crippen LogP contribution in [-0.4, -0.2) is 46.9 Å². The molecule has 0 aromatic carbocycles. The SMILES string of the molecule is CCCCCCCC/C=C/CCCCCCCCCCCC(=O)OC(CCCCCCCCCCCCCCCCCC)CC(=O)NC(CO)C(O)CCCCCCCCCCCCCCCC. The van der Waals surface area contributed by atoms with E-state index < -0.39 is 18.2 Å². The van der Waals surface area contributed by atoms with Crippen molar-refractivity contribution in [3.63, 3.8) is 0 Å². The summed E-state index contributed by atoms with van der Waals surface area (Å²) in [4.78, 5) is 26.3. The summed E-state index contributed by atoms with van der Waals surface area (Å²) in [5.74, 6) is -0.449. The number of carbonyl (C=O) groups is 2. The lowest BCUT2D eigenvalue weighted by molar-refractivity contribution is -0.151. The highest BCUT2D eigenvalue weighted by atomic mass is 16.5. The Morgan fingerprint density at radius 2 is 0.706 bits per heavy atom. The maximum atomic E-state index is 13.3. The number of aliphatic hydroxyl groups is 2. The predicted octanol–water partition coefficient (Wildman–Crippen LogP) is 19.2. The van der Waals surface area contributed by atoms with E-state index in [-0.39, 0.29) is 24.9 Å². The van der Waals surface area contributed by atoms with E-state index in [0.717, 1.165) is 44.9 Å². The molecule has 3 N–H and O–H groups in total. The van der Waals surface area contributed by atoms with Gasteiger partial charge in [-0.05, 0) is 51.4 Å². The Hall–Kier alpha value is -1.40. The molecule has 0 radical (unpaired) electrons. The average Bonchev–Trinajstić information content (AvgIpc) is 3.33. The summed E-state index contributed by atoms with van der Waals surface area (Å²) in [5.41, 5.74) is 0. The van der Waals surface area contributed by atoms with Gasteiger partial charge in [0.2, 0.25) is 5.91 Å². The minimum absolute atomic E-state index is 0.0854. The summed E-state index contributed by atoms with van der Waals surface area (Å²) in [6.07, 6.45) is 65.7. The number of rotatable bonds is 57. The second-order valence-corrected chi connectivity index (χ2v) is 21.5. The number of nitrogens with one attached hydrogen (secondary N) is 1. The van der Waals surface area contributed by atoms with Crippen LogP contribution >= 0.6 is 0 Å². The molecular weight excluding hydrogens is 839 g/mol. The van der Waals surface area contributed by atoms with Crippen LogP contribution < -0.4 is 5.32 Å². The van der Waals surface area contributed by atoms with Crippen LogP contribution in [0.5, 0.6) is 0 Å². The average molecular weight is 961 g/mol. The quantitative estimate of drug-likeness (QED) is 0.0321. The third-order valence-corrected chi connectivity index (χ3v) is 14.6. The Kier molecular flexibility index (Phi) is 55.3. The van der Waals surface area contributed by atoms with E-state index in [9.17, 15) is 19.8 Å². The molecule has 0 aliphatic rings. The molecule has 0 saturated carbocycles. The molecule has 68 heavy (non-hydrogen) atoms. The molecule has 0 aliphatic carbocycles. The van der Waals surface area contributed by atoms with Crippen molar-refractivity contribution in [3.8, 4) is 0 Å². The van der Waals surface area contributed by atoms with Gasteiger partial charge in [0.25, 0.3) is 0 Å². The summed E-state index contributed by atoms with van der Waals surface area (Å²) in [5, 5.41) is 23.9. The molecule has 0 aromatic heterocycles. The van der Waals surface area contributed by atoms with Crippen LogP contribution in [0.3, 0.4) is 0 Å². The number of unbranched alkanes of at least 4 members (excludes halogenated alkanes) is 43. The first kappa shape index (κ1) is 66.6. The van der Waals surface area contributed by atoms with E-state index in [2.05, 4.69) is 38.2 Å². The van der Waals surface area contributed by atoms with Crippen molar-refractivity contribution >= 4 is 11.9 Å². The number of allylic oxidation sites excluding steroid dienone is 2. The third kappa shape index (κ3) is 51.0. The van der Waals surface area contributed by atoms with Crippen molar-refractivity contribution in [2.75, 3.05) is 6.61 Å². The zero-order valence-electron chi connectivity index (χ0n) is 46.3. The van der Waals surface area contributed by atoms with Crippen LogP contribution in [0.15, 0.2) is 12.2 Å². The van der Waals surface area contributed by atoms with Crippen LogP contribution in [0.2, 0.25) is 0 Å². The van der Waals surface area contributed by atoms with Crippen LogP contribution in [0.1, 0.15) is 348 Å². The first-order valence-corrected chi connectivity index (χ1v) is 30.9. The Balaban J connectivity index is 4.48. The third-order valence-electron chi connectivity index (χ3n) is 14.6. The number of esters is 1. The van der Waals surface area contributed by atoms with Crippen molar-refractivity contribution in [2.24, 2.45) is 0 Å². The monoisotopic (exact) mass is 960 g/mol. The van der Waals surface area contributed by atoms with E-state index in [1.165, 1.54) is 257 Å². The summed E-state index contributed by atoms with van der Waals surface area (Å²) in [7, 11) is 0. The molecule has 3 unspecified atom stereocenters. The van der Waals surface area contributed by atoms with Gasteiger partial charge in [-0.25, -0.2) is 0 Å². The van der Waals surface area contributed by atoms with E-state index in [0.29, 0.717) is 19.3 Å². The highest BCUT2D eigenvalue weighted by Crippen LogP contribution is 2.19. The largest absolute Gasteiger partial charge is 0.462 e.